The standard InChI is InChI=1S/C10H11N3O/c1-7(12)9(4-11)10-3-2-8(6-14)5-13-10/h2-6,11H,12H2,1H3/b9-7+,11-4?. The van der Waals surface area contributed by atoms with Crippen LogP contribution >= 0.6 is 0 Å². The van der Waals surface area contributed by atoms with Crippen molar-refractivity contribution in [2.75, 3.05) is 0 Å². The van der Waals surface area contributed by atoms with Crippen molar-refractivity contribution in [2.24, 2.45) is 5.73 Å². The summed E-state index contributed by atoms with van der Waals surface area (Å²) in [5.74, 6) is 0. The van der Waals surface area contributed by atoms with Gasteiger partial charge in [0.25, 0.3) is 0 Å². The number of nitrogens with one attached hydrogen (secondary N) is 1. The van der Waals surface area contributed by atoms with Gasteiger partial charge in [0.2, 0.25) is 0 Å². The zero-order chi connectivity index (χ0) is 10.6. The van der Waals surface area contributed by atoms with Gasteiger partial charge in [-0.25, -0.2) is 0 Å². The summed E-state index contributed by atoms with van der Waals surface area (Å²) < 4.78 is 0. The van der Waals surface area contributed by atoms with Gasteiger partial charge < -0.3 is 11.1 Å². The largest absolute Gasteiger partial charge is 0.402 e. The fourth-order valence-electron chi connectivity index (χ4n) is 1.02. The molecular weight excluding hydrogens is 178 g/mol. The molecule has 0 atom stereocenters. The maximum absolute atomic E-state index is 10.4. The molecule has 4 nitrogen and oxygen atoms in total. The first-order valence-electron chi connectivity index (χ1n) is 4.07. The van der Waals surface area contributed by atoms with Gasteiger partial charge in [0.15, 0.2) is 6.29 Å². The SMILES string of the molecule is C/C(N)=C(/C=N)c1ccc(C=O)cn1. The van der Waals surface area contributed by atoms with Crippen LogP contribution in [0.4, 0.5) is 0 Å². The van der Waals surface area contributed by atoms with Crippen molar-refractivity contribution < 1.29 is 4.79 Å². The Morgan fingerprint density at radius 3 is 2.64 bits per heavy atom. The zero-order valence-corrected chi connectivity index (χ0v) is 7.82. The molecule has 1 heterocycles. The van der Waals surface area contributed by atoms with Crippen LogP contribution < -0.4 is 5.73 Å². The first kappa shape index (κ1) is 10.1. The van der Waals surface area contributed by atoms with Crippen LogP contribution in [0, 0.1) is 5.41 Å². The third-order valence-electron chi connectivity index (χ3n) is 1.77. The smallest absolute Gasteiger partial charge is 0.151 e. The van der Waals surface area contributed by atoms with Gasteiger partial charge in [-0.05, 0) is 19.1 Å². The van der Waals surface area contributed by atoms with Crippen molar-refractivity contribution in [2.45, 2.75) is 6.92 Å². The van der Waals surface area contributed by atoms with Crippen LogP contribution in [-0.4, -0.2) is 17.5 Å². The summed E-state index contributed by atoms with van der Waals surface area (Å²) in [6.45, 7) is 1.70. The fourth-order valence-corrected chi connectivity index (χ4v) is 1.02. The maximum Gasteiger partial charge on any atom is 0.151 e. The predicted molar refractivity (Wildman–Crippen MR) is 55.2 cm³/mol. The molecular formula is C10H11N3O. The lowest BCUT2D eigenvalue weighted by atomic mass is 10.1. The molecule has 0 radical (unpaired) electrons. The van der Waals surface area contributed by atoms with E-state index in [1.165, 1.54) is 6.20 Å². The van der Waals surface area contributed by atoms with E-state index in [0.29, 0.717) is 22.5 Å². The van der Waals surface area contributed by atoms with Gasteiger partial charge in [-0.2, -0.15) is 0 Å². The van der Waals surface area contributed by atoms with Crippen molar-refractivity contribution in [1.82, 2.24) is 4.98 Å². The third kappa shape index (κ3) is 2.04. The lowest BCUT2D eigenvalue weighted by Crippen LogP contribution is -2.00. The summed E-state index contributed by atoms with van der Waals surface area (Å²) >= 11 is 0. The van der Waals surface area contributed by atoms with Crippen molar-refractivity contribution in [3.8, 4) is 0 Å². The Bertz CT molecular complexity index is 375. The Kier molecular flexibility index (Phi) is 3.12. The van der Waals surface area contributed by atoms with E-state index in [2.05, 4.69) is 4.98 Å². The van der Waals surface area contributed by atoms with Crippen molar-refractivity contribution >= 4 is 18.1 Å². The third-order valence-corrected chi connectivity index (χ3v) is 1.77. The number of pyridine rings is 1. The fraction of sp³-hybridized carbons (Fsp3) is 0.100. The summed E-state index contributed by atoms with van der Waals surface area (Å²) in [6, 6.07) is 3.31. The molecule has 0 saturated carbocycles. The topological polar surface area (TPSA) is 79.8 Å². The van der Waals surface area contributed by atoms with Crippen LogP contribution in [0.5, 0.6) is 0 Å². The van der Waals surface area contributed by atoms with Gasteiger partial charge in [-0.3, -0.25) is 9.78 Å². The minimum Gasteiger partial charge on any atom is -0.402 e. The second kappa shape index (κ2) is 4.32. The highest BCUT2D eigenvalue weighted by molar-refractivity contribution is 6.08. The molecule has 4 heteroatoms. The summed E-state index contributed by atoms with van der Waals surface area (Å²) in [5.41, 5.74) is 7.78. The molecule has 0 saturated heterocycles. The van der Waals surface area contributed by atoms with Gasteiger partial charge in [-0.1, -0.05) is 0 Å². The highest BCUT2D eigenvalue weighted by Crippen LogP contribution is 2.11. The second-order valence-electron chi connectivity index (χ2n) is 2.84. The molecule has 0 aromatic carbocycles. The quantitative estimate of drug-likeness (QED) is 0.554. The van der Waals surface area contributed by atoms with Gasteiger partial charge in [-0.15, -0.1) is 0 Å². The molecule has 72 valence electrons. The van der Waals surface area contributed by atoms with Crippen molar-refractivity contribution in [1.29, 1.82) is 5.41 Å². The van der Waals surface area contributed by atoms with Crippen LogP contribution in [0.3, 0.4) is 0 Å². The van der Waals surface area contributed by atoms with Crippen LogP contribution in [0.25, 0.3) is 5.57 Å². The molecule has 0 amide bonds. The average Bonchev–Trinajstić information content (AvgIpc) is 2.19. The molecule has 1 rings (SSSR count). The molecule has 1 aromatic heterocycles. The first-order chi connectivity index (χ1) is 6.69. The number of aromatic nitrogens is 1. The highest BCUT2D eigenvalue weighted by atomic mass is 16.1. The summed E-state index contributed by atoms with van der Waals surface area (Å²) in [5, 5.41) is 7.15. The Morgan fingerprint density at radius 2 is 2.29 bits per heavy atom. The number of allylic oxidation sites excluding steroid dienone is 2. The van der Waals surface area contributed by atoms with Crippen LogP contribution in [-0.2, 0) is 0 Å². The average molecular weight is 189 g/mol. The first-order valence-corrected chi connectivity index (χ1v) is 4.07. The normalized spacial score (nSPS) is 11.8. The lowest BCUT2D eigenvalue weighted by molar-refractivity contribution is 0.112. The predicted octanol–water partition coefficient (Wildman–Crippen LogP) is 1.23. The van der Waals surface area contributed by atoms with Crippen molar-refractivity contribution in [3.05, 3.63) is 35.3 Å². The number of carbonyl (C=O) groups excluding carboxylic acids is 1. The molecule has 1 aromatic rings. The monoisotopic (exact) mass is 189 g/mol. The molecule has 0 bridgehead atoms. The van der Waals surface area contributed by atoms with E-state index in [1.54, 1.807) is 19.1 Å². The highest BCUT2D eigenvalue weighted by Gasteiger charge is 2.02. The van der Waals surface area contributed by atoms with Gasteiger partial charge in [0.1, 0.15) is 0 Å². The zero-order valence-electron chi connectivity index (χ0n) is 7.82. The molecule has 3 N–H and O–H groups in total. The minimum absolute atomic E-state index is 0.507. The van der Waals surface area contributed by atoms with E-state index >= 15 is 0 Å². The molecule has 0 unspecified atom stereocenters. The van der Waals surface area contributed by atoms with E-state index in [1.807, 2.05) is 0 Å². The Hall–Kier alpha value is -1.97. The van der Waals surface area contributed by atoms with E-state index in [4.69, 9.17) is 11.1 Å². The van der Waals surface area contributed by atoms with Crippen LogP contribution in [0.15, 0.2) is 24.0 Å². The molecule has 0 aliphatic rings. The van der Waals surface area contributed by atoms with E-state index < -0.39 is 0 Å². The molecule has 0 aliphatic heterocycles. The Morgan fingerprint density at radius 1 is 1.57 bits per heavy atom. The van der Waals surface area contributed by atoms with Crippen LogP contribution in [0.2, 0.25) is 0 Å². The molecule has 0 aliphatic carbocycles. The second-order valence-corrected chi connectivity index (χ2v) is 2.84. The number of hydrogen-bond donors (Lipinski definition) is 2. The summed E-state index contributed by atoms with van der Waals surface area (Å²) in [7, 11) is 0. The van der Waals surface area contributed by atoms with Gasteiger partial charge >= 0.3 is 0 Å². The Balaban J connectivity index is 3.14. The number of carbonyl (C=O) groups is 1. The number of aldehydes is 1. The van der Waals surface area contributed by atoms with Gasteiger partial charge in [0.05, 0.1) is 5.69 Å². The number of rotatable bonds is 3. The van der Waals surface area contributed by atoms with Gasteiger partial charge in [0, 0.05) is 29.2 Å². The number of nitrogens with two attached hydrogens (primary N) is 1. The summed E-state index contributed by atoms with van der Waals surface area (Å²) in [6.07, 6.45) is 3.33. The molecule has 14 heavy (non-hydrogen) atoms. The molecule has 0 fully saturated rings. The lowest BCUT2D eigenvalue weighted by Gasteiger charge is -2.02. The maximum atomic E-state index is 10.4. The summed E-state index contributed by atoms with van der Waals surface area (Å²) in [4.78, 5) is 14.4. The van der Waals surface area contributed by atoms with Crippen molar-refractivity contribution in [3.63, 3.8) is 0 Å². The molecule has 0 spiro atoms. The van der Waals surface area contributed by atoms with E-state index in [0.717, 1.165) is 12.5 Å². The van der Waals surface area contributed by atoms with E-state index in [-0.39, 0.29) is 0 Å². The minimum atomic E-state index is 0.507. The number of nitrogens with zero attached hydrogens (tertiary/aromatic N) is 1. The Labute approximate surface area is 82.0 Å². The van der Waals surface area contributed by atoms with E-state index in [9.17, 15) is 4.79 Å². The van der Waals surface area contributed by atoms with Crippen LogP contribution in [0.1, 0.15) is 23.0 Å². The number of hydrogen-bond acceptors (Lipinski definition) is 4.